The zero-order valence-electron chi connectivity index (χ0n) is 13.7. The molecule has 0 atom stereocenters. The molecule has 0 bridgehead atoms. The van der Waals surface area contributed by atoms with Gasteiger partial charge in [0, 0.05) is 5.57 Å². The van der Waals surface area contributed by atoms with E-state index < -0.39 is 23.0 Å². The first-order valence-corrected chi connectivity index (χ1v) is 6.95. The second-order valence-electron chi connectivity index (χ2n) is 4.69. The molecule has 1 aromatic heterocycles. The van der Waals surface area contributed by atoms with Crippen molar-refractivity contribution in [2.45, 2.75) is 26.6 Å². The molecule has 8 heteroatoms. The topological polar surface area (TPSA) is 109 Å². The van der Waals surface area contributed by atoms with Gasteiger partial charge < -0.3 is 5.73 Å². The van der Waals surface area contributed by atoms with E-state index in [2.05, 4.69) is 26.3 Å². The van der Waals surface area contributed by atoms with Crippen LogP contribution in [0.5, 0.6) is 0 Å². The molecule has 1 heterocycles. The summed E-state index contributed by atoms with van der Waals surface area (Å²) in [7, 11) is 0. The fourth-order valence-corrected chi connectivity index (χ4v) is 1.54. The highest BCUT2D eigenvalue weighted by molar-refractivity contribution is 5.90. The van der Waals surface area contributed by atoms with Gasteiger partial charge in [-0.3, -0.25) is 4.79 Å². The van der Waals surface area contributed by atoms with Crippen molar-refractivity contribution in [1.82, 2.24) is 13.7 Å². The summed E-state index contributed by atoms with van der Waals surface area (Å²) in [4.78, 5) is 45.6. The smallest absolute Gasteiger partial charge is 0.336 e. The van der Waals surface area contributed by atoms with Gasteiger partial charge in [0.15, 0.2) is 0 Å². The molecule has 0 saturated carbocycles. The SMILES string of the molecule is C=C(C)C(N)=O.C=CCn1c(=O)n(CC=C)c(=O)n(CC=C)c1=O. The van der Waals surface area contributed by atoms with E-state index in [4.69, 9.17) is 5.73 Å². The number of aromatic nitrogens is 3. The molecule has 0 aliphatic carbocycles. The summed E-state index contributed by atoms with van der Waals surface area (Å²) < 4.78 is 2.84. The Balaban J connectivity index is 0.000000754. The molecule has 1 amide bonds. The summed E-state index contributed by atoms with van der Waals surface area (Å²) in [5.41, 5.74) is 3.11. The van der Waals surface area contributed by atoms with Crippen molar-refractivity contribution in [1.29, 1.82) is 0 Å². The maximum Gasteiger partial charge on any atom is 0.336 e. The Morgan fingerprint density at radius 1 is 0.875 bits per heavy atom. The van der Waals surface area contributed by atoms with Crippen molar-refractivity contribution < 1.29 is 4.79 Å². The van der Waals surface area contributed by atoms with E-state index in [1.807, 2.05) is 0 Å². The van der Waals surface area contributed by atoms with E-state index in [0.29, 0.717) is 5.57 Å². The summed E-state index contributed by atoms with van der Waals surface area (Å²) in [6.07, 6.45) is 4.26. The third kappa shape index (κ3) is 5.24. The van der Waals surface area contributed by atoms with Crippen LogP contribution in [0.25, 0.3) is 0 Å². The van der Waals surface area contributed by atoms with Crippen LogP contribution in [0.1, 0.15) is 6.92 Å². The van der Waals surface area contributed by atoms with Crippen LogP contribution in [0.15, 0.2) is 64.5 Å². The van der Waals surface area contributed by atoms with Crippen LogP contribution in [0, 0.1) is 0 Å². The summed E-state index contributed by atoms with van der Waals surface area (Å²) in [5.74, 6) is -0.435. The van der Waals surface area contributed by atoms with Crippen molar-refractivity contribution in [3.63, 3.8) is 0 Å². The molecular weight excluding hydrogens is 312 g/mol. The molecule has 0 unspecified atom stereocenters. The Morgan fingerprint density at radius 3 is 1.21 bits per heavy atom. The molecule has 0 saturated heterocycles. The van der Waals surface area contributed by atoms with Crippen LogP contribution >= 0.6 is 0 Å². The Kier molecular flexibility index (Phi) is 8.49. The highest BCUT2D eigenvalue weighted by atomic mass is 16.2. The van der Waals surface area contributed by atoms with Crippen molar-refractivity contribution >= 4 is 5.91 Å². The van der Waals surface area contributed by atoms with Gasteiger partial charge in [0.25, 0.3) is 0 Å². The number of allylic oxidation sites excluding steroid dienone is 3. The number of hydrogen-bond donors (Lipinski definition) is 1. The minimum Gasteiger partial charge on any atom is -0.366 e. The summed E-state index contributed by atoms with van der Waals surface area (Å²) in [6.45, 7) is 15.4. The van der Waals surface area contributed by atoms with Gasteiger partial charge in [0.1, 0.15) is 0 Å². The zero-order chi connectivity index (χ0) is 18.9. The van der Waals surface area contributed by atoms with E-state index in [1.54, 1.807) is 6.92 Å². The van der Waals surface area contributed by atoms with Gasteiger partial charge in [-0.1, -0.05) is 24.8 Å². The summed E-state index contributed by atoms with van der Waals surface area (Å²) in [5, 5.41) is 0. The Morgan fingerprint density at radius 2 is 1.08 bits per heavy atom. The Labute approximate surface area is 139 Å². The van der Waals surface area contributed by atoms with Gasteiger partial charge in [-0.05, 0) is 6.92 Å². The van der Waals surface area contributed by atoms with Crippen LogP contribution in [0.4, 0.5) is 0 Å². The van der Waals surface area contributed by atoms with Crippen molar-refractivity contribution in [2.75, 3.05) is 0 Å². The number of carbonyl (C=O) groups excluding carboxylic acids is 1. The minimum atomic E-state index is -0.662. The first kappa shape index (κ1) is 20.8. The number of amides is 1. The molecule has 0 aromatic carbocycles. The van der Waals surface area contributed by atoms with Gasteiger partial charge in [0.05, 0.1) is 19.6 Å². The van der Waals surface area contributed by atoms with E-state index in [-0.39, 0.29) is 19.6 Å². The van der Waals surface area contributed by atoms with E-state index >= 15 is 0 Å². The molecule has 130 valence electrons. The van der Waals surface area contributed by atoms with Crippen LogP contribution in [0.2, 0.25) is 0 Å². The second kappa shape index (κ2) is 9.78. The molecule has 0 aliphatic rings. The van der Waals surface area contributed by atoms with Gasteiger partial charge in [-0.2, -0.15) is 0 Å². The highest BCUT2D eigenvalue weighted by Gasteiger charge is 2.12. The monoisotopic (exact) mass is 334 g/mol. The standard InChI is InChI=1S/C12H15N3O3.C4H7NO/c1-4-7-13-10(16)14(8-5-2)12(18)15(9-6-3)11(13)17;1-3(2)4(5)6/h4-6H,1-3,7-9H2;1H2,2H3,(H2,5,6). The average Bonchev–Trinajstić information content (AvgIpc) is 2.53. The third-order valence-corrected chi connectivity index (χ3v) is 2.74. The normalized spacial score (nSPS) is 9.38. The summed E-state index contributed by atoms with van der Waals surface area (Å²) >= 11 is 0. The Bertz CT molecular complexity index is 691. The molecule has 0 fully saturated rings. The molecular formula is C16H22N4O4. The molecule has 1 rings (SSSR count). The molecule has 24 heavy (non-hydrogen) atoms. The molecule has 8 nitrogen and oxygen atoms in total. The fraction of sp³-hybridized carbons (Fsp3) is 0.250. The molecule has 1 aromatic rings. The van der Waals surface area contributed by atoms with Crippen LogP contribution in [-0.4, -0.2) is 19.6 Å². The van der Waals surface area contributed by atoms with Crippen molar-refractivity contribution in [3.8, 4) is 0 Å². The first-order valence-electron chi connectivity index (χ1n) is 6.95. The summed E-state index contributed by atoms with van der Waals surface area (Å²) in [6, 6.07) is 0. The fourth-order valence-electron chi connectivity index (χ4n) is 1.54. The molecule has 2 N–H and O–H groups in total. The van der Waals surface area contributed by atoms with E-state index in [9.17, 15) is 19.2 Å². The molecule has 0 spiro atoms. The molecule has 0 radical (unpaired) electrons. The predicted octanol–water partition coefficient (Wildman–Crippen LogP) is -0.222. The van der Waals surface area contributed by atoms with Crippen LogP contribution < -0.4 is 22.8 Å². The largest absolute Gasteiger partial charge is 0.366 e. The zero-order valence-corrected chi connectivity index (χ0v) is 13.7. The number of rotatable bonds is 7. The van der Waals surface area contributed by atoms with Crippen LogP contribution in [-0.2, 0) is 24.4 Å². The number of nitrogens with zero attached hydrogens (tertiary/aromatic N) is 3. The number of primary amides is 1. The van der Waals surface area contributed by atoms with Crippen molar-refractivity contribution in [3.05, 3.63) is 81.6 Å². The lowest BCUT2D eigenvalue weighted by molar-refractivity contribution is -0.114. The quantitative estimate of drug-likeness (QED) is 0.549. The second-order valence-corrected chi connectivity index (χ2v) is 4.69. The lowest BCUT2D eigenvalue weighted by Crippen LogP contribution is -2.54. The third-order valence-electron chi connectivity index (χ3n) is 2.74. The van der Waals surface area contributed by atoms with Crippen molar-refractivity contribution in [2.24, 2.45) is 5.73 Å². The number of nitrogens with two attached hydrogens (primary N) is 1. The first-order chi connectivity index (χ1) is 11.2. The lowest BCUT2D eigenvalue weighted by atomic mass is 10.3. The maximum atomic E-state index is 11.9. The van der Waals surface area contributed by atoms with E-state index in [1.165, 1.54) is 18.2 Å². The number of carbonyl (C=O) groups is 1. The predicted molar refractivity (Wildman–Crippen MR) is 93.8 cm³/mol. The highest BCUT2D eigenvalue weighted by Crippen LogP contribution is 1.79. The lowest BCUT2D eigenvalue weighted by Gasteiger charge is -2.10. The average molecular weight is 334 g/mol. The van der Waals surface area contributed by atoms with Crippen LogP contribution in [0.3, 0.4) is 0 Å². The Hall–Kier alpha value is -3.16. The minimum absolute atomic E-state index is 0.0478. The molecule has 0 aliphatic heterocycles. The number of hydrogen-bond acceptors (Lipinski definition) is 4. The van der Waals surface area contributed by atoms with Gasteiger partial charge in [0.2, 0.25) is 5.91 Å². The van der Waals surface area contributed by atoms with Gasteiger partial charge >= 0.3 is 17.1 Å². The van der Waals surface area contributed by atoms with E-state index in [0.717, 1.165) is 13.7 Å². The van der Waals surface area contributed by atoms with Gasteiger partial charge in [-0.25, -0.2) is 28.1 Å². The maximum absolute atomic E-state index is 11.9. The van der Waals surface area contributed by atoms with Gasteiger partial charge in [-0.15, -0.1) is 19.7 Å².